The minimum atomic E-state index is -0.243. The molecule has 0 unspecified atom stereocenters. The van der Waals surface area contributed by atoms with E-state index in [1.807, 2.05) is 18.2 Å². The SMILES string of the molecule is O=C([C@@H]1COc2ccc(Br)cc21)N(CCO)CC1CC1. The van der Waals surface area contributed by atoms with Crippen LogP contribution in [0.4, 0.5) is 0 Å². The van der Waals surface area contributed by atoms with E-state index in [0.717, 1.165) is 22.3 Å². The van der Waals surface area contributed by atoms with Crippen molar-refractivity contribution in [2.75, 3.05) is 26.3 Å². The number of nitrogens with zero attached hydrogens (tertiary/aromatic N) is 1. The second-order valence-electron chi connectivity index (χ2n) is 5.50. The number of rotatable bonds is 5. The van der Waals surface area contributed by atoms with E-state index < -0.39 is 0 Å². The standard InChI is InChI=1S/C15H18BrNO3/c16-11-3-4-14-12(7-11)13(9-20-14)15(19)17(5-6-18)8-10-1-2-10/h3-4,7,10,13,18H,1-2,5-6,8-9H2/t13-/m1/s1. The van der Waals surface area contributed by atoms with Crippen LogP contribution >= 0.6 is 15.9 Å². The average molecular weight is 340 g/mol. The molecule has 0 bridgehead atoms. The Labute approximate surface area is 126 Å². The minimum Gasteiger partial charge on any atom is -0.492 e. The summed E-state index contributed by atoms with van der Waals surface area (Å²) in [4.78, 5) is 14.5. The van der Waals surface area contributed by atoms with Crippen LogP contribution in [0.3, 0.4) is 0 Å². The van der Waals surface area contributed by atoms with Gasteiger partial charge in [0.1, 0.15) is 18.3 Å². The lowest BCUT2D eigenvalue weighted by molar-refractivity contribution is -0.133. The average Bonchev–Trinajstić information content (AvgIpc) is 3.15. The highest BCUT2D eigenvalue weighted by atomic mass is 79.9. The molecule has 5 heteroatoms. The van der Waals surface area contributed by atoms with Gasteiger partial charge < -0.3 is 14.7 Å². The van der Waals surface area contributed by atoms with Crippen LogP contribution in [0.2, 0.25) is 0 Å². The van der Waals surface area contributed by atoms with E-state index in [-0.39, 0.29) is 18.4 Å². The Hall–Kier alpha value is -1.07. The zero-order chi connectivity index (χ0) is 14.1. The van der Waals surface area contributed by atoms with Gasteiger partial charge in [0, 0.05) is 23.1 Å². The molecule has 1 atom stereocenters. The number of ether oxygens (including phenoxy) is 1. The number of halogens is 1. The van der Waals surface area contributed by atoms with E-state index in [2.05, 4.69) is 15.9 Å². The smallest absolute Gasteiger partial charge is 0.233 e. The fraction of sp³-hybridized carbons (Fsp3) is 0.533. The molecule has 2 aliphatic rings. The van der Waals surface area contributed by atoms with Gasteiger partial charge in [-0.2, -0.15) is 0 Å². The molecule has 1 aromatic carbocycles. The predicted molar refractivity (Wildman–Crippen MR) is 78.8 cm³/mol. The second-order valence-corrected chi connectivity index (χ2v) is 6.41. The second kappa shape index (κ2) is 5.74. The Morgan fingerprint density at radius 3 is 2.95 bits per heavy atom. The van der Waals surface area contributed by atoms with Crippen molar-refractivity contribution < 1.29 is 14.6 Å². The number of aliphatic hydroxyl groups is 1. The third-order valence-electron chi connectivity index (χ3n) is 3.91. The summed E-state index contributed by atoms with van der Waals surface area (Å²) in [6.07, 6.45) is 2.39. The largest absolute Gasteiger partial charge is 0.492 e. The van der Waals surface area contributed by atoms with Gasteiger partial charge in [-0.15, -0.1) is 0 Å². The van der Waals surface area contributed by atoms with Crippen LogP contribution in [0.5, 0.6) is 5.75 Å². The Bertz CT molecular complexity index is 516. The van der Waals surface area contributed by atoms with Gasteiger partial charge in [0.05, 0.1) is 6.61 Å². The lowest BCUT2D eigenvalue weighted by Crippen LogP contribution is -2.39. The van der Waals surface area contributed by atoms with E-state index in [1.54, 1.807) is 4.90 Å². The lowest BCUT2D eigenvalue weighted by atomic mass is 9.99. The molecule has 1 N–H and O–H groups in total. The Balaban J connectivity index is 1.78. The van der Waals surface area contributed by atoms with Crippen molar-refractivity contribution in [3.63, 3.8) is 0 Å². The molecular weight excluding hydrogens is 322 g/mol. The van der Waals surface area contributed by atoms with Crippen LogP contribution in [0.1, 0.15) is 24.3 Å². The van der Waals surface area contributed by atoms with E-state index >= 15 is 0 Å². The quantitative estimate of drug-likeness (QED) is 0.894. The molecule has 3 rings (SSSR count). The van der Waals surface area contributed by atoms with Gasteiger partial charge in [0.15, 0.2) is 0 Å². The first-order valence-corrected chi connectivity index (χ1v) is 7.80. The van der Waals surface area contributed by atoms with Gasteiger partial charge in [-0.1, -0.05) is 15.9 Å². The normalized spacial score (nSPS) is 20.4. The first-order chi connectivity index (χ1) is 9.69. The molecular formula is C15H18BrNO3. The van der Waals surface area contributed by atoms with Crippen LogP contribution < -0.4 is 4.74 Å². The van der Waals surface area contributed by atoms with Crippen LogP contribution in [0.25, 0.3) is 0 Å². The van der Waals surface area contributed by atoms with Gasteiger partial charge in [-0.05, 0) is 37.0 Å². The third-order valence-corrected chi connectivity index (χ3v) is 4.40. The van der Waals surface area contributed by atoms with Crippen LogP contribution in [-0.2, 0) is 4.79 Å². The molecule has 1 heterocycles. The number of carbonyl (C=O) groups is 1. The number of benzene rings is 1. The number of amides is 1. The maximum absolute atomic E-state index is 12.7. The van der Waals surface area contributed by atoms with E-state index in [4.69, 9.17) is 9.84 Å². The predicted octanol–water partition coefficient (Wildman–Crippen LogP) is 2.16. The van der Waals surface area contributed by atoms with Crippen molar-refractivity contribution in [3.05, 3.63) is 28.2 Å². The van der Waals surface area contributed by atoms with Crippen molar-refractivity contribution in [1.29, 1.82) is 0 Å². The van der Waals surface area contributed by atoms with Crippen molar-refractivity contribution in [3.8, 4) is 5.75 Å². The topological polar surface area (TPSA) is 49.8 Å². The number of carbonyl (C=O) groups excluding carboxylic acids is 1. The van der Waals surface area contributed by atoms with Crippen molar-refractivity contribution >= 4 is 21.8 Å². The van der Waals surface area contributed by atoms with Crippen LogP contribution in [0.15, 0.2) is 22.7 Å². The number of hydrogen-bond donors (Lipinski definition) is 1. The molecule has 1 aliphatic heterocycles. The van der Waals surface area contributed by atoms with E-state index in [1.165, 1.54) is 12.8 Å². The zero-order valence-electron chi connectivity index (χ0n) is 11.2. The maximum Gasteiger partial charge on any atom is 0.233 e. The molecule has 1 aliphatic carbocycles. The molecule has 1 saturated carbocycles. The van der Waals surface area contributed by atoms with E-state index in [9.17, 15) is 4.79 Å². The van der Waals surface area contributed by atoms with Crippen molar-refractivity contribution in [2.24, 2.45) is 5.92 Å². The zero-order valence-corrected chi connectivity index (χ0v) is 12.8. The first-order valence-electron chi connectivity index (χ1n) is 7.01. The summed E-state index contributed by atoms with van der Waals surface area (Å²) in [5.41, 5.74) is 0.947. The van der Waals surface area contributed by atoms with Gasteiger partial charge >= 0.3 is 0 Å². The van der Waals surface area contributed by atoms with E-state index in [0.29, 0.717) is 19.1 Å². The molecule has 1 fully saturated rings. The van der Waals surface area contributed by atoms with Crippen molar-refractivity contribution in [1.82, 2.24) is 4.90 Å². The molecule has 0 saturated heterocycles. The Kier molecular flexibility index (Phi) is 3.98. The summed E-state index contributed by atoms with van der Waals surface area (Å²) >= 11 is 3.44. The summed E-state index contributed by atoms with van der Waals surface area (Å²) in [5.74, 6) is 1.24. The van der Waals surface area contributed by atoms with Gasteiger partial charge in [-0.3, -0.25) is 4.79 Å². The fourth-order valence-corrected chi connectivity index (χ4v) is 3.01. The molecule has 1 amide bonds. The molecule has 0 spiro atoms. The summed E-state index contributed by atoms with van der Waals surface area (Å²) in [6, 6.07) is 5.77. The first kappa shape index (κ1) is 13.9. The van der Waals surface area contributed by atoms with Gasteiger partial charge in [0.2, 0.25) is 5.91 Å². The van der Waals surface area contributed by atoms with Crippen LogP contribution in [-0.4, -0.2) is 42.2 Å². The number of hydrogen-bond acceptors (Lipinski definition) is 3. The summed E-state index contributed by atoms with van der Waals surface area (Å²) in [6.45, 7) is 1.59. The summed E-state index contributed by atoms with van der Waals surface area (Å²) in [5, 5.41) is 9.17. The fourth-order valence-electron chi connectivity index (χ4n) is 2.63. The molecule has 20 heavy (non-hydrogen) atoms. The summed E-state index contributed by atoms with van der Waals surface area (Å²) < 4.78 is 6.56. The Morgan fingerprint density at radius 1 is 1.45 bits per heavy atom. The minimum absolute atomic E-state index is 0.0113. The van der Waals surface area contributed by atoms with Crippen LogP contribution in [0, 0.1) is 5.92 Å². The number of fused-ring (bicyclic) bond motifs is 1. The van der Waals surface area contributed by atoms with Crippen molar-refractivity contribution in [2.45, 2.75) is 18.8 Å². The monoisotopic (exact) mass is 339 g/mol. The molecule has 0 radical (unpaired) electrons. The van der Waals surface area contributed by atoms with Gasteiger partial charge in [-0.25, -0.2) is 0 Å². The Morgan fingerprint density at radius 2 is 2.25 bits per heavy atom. The molecule has 108 valence electrons. The highest BCUT2D eigenvalue weighted by molar-refractivity contribution is 9.10. The van der Waals surface area contributed by atoms with Gasteiger partial charge in [0.25, 0.3) is 0 Å². The molecule has 1 aromatic rings. The molecule has 0 aromatic heterocycles. The molecule has 4 nitrogen and oxygen atoms in total. The highest BCUT2D eigenvalue weighted by Gasteiger charge is 2.35. The number of aliphatic hydroxyl groups excluding tert-OH is 1. The highest BCUT2D eigenvalue weighted by Crippen LogP contribution is 2.37. The maximum atomic E-state index is 12.7. The summed E-state index contributed by atoms with van der Waals surface area (Å²) in [7, 11) is 0. The third kappa shape index (κ3) is 2.83. The lowest BCUT2D eigenvalue weighted by Gasteiger charge is -2.24.